The molecular formula is C17H26N4O2. The molecule has 0 aliphatic carbocycles. The molecule has 0 atom stereocenters. The lowest BCUT2D eigenvalue weighted by Crippen LogP contribution is -2.25. The molecule has 1 aliphatic rings. The first kappa shape index (κ1) is 18.7. The fourth-order valence-electron chi connectivity index (χ4n) is 2.44. The lowest BCUT2D eigenvalue weighted by molar-refractivity contribution is -0.122. The summed E-state index contributed by atoms with van der Waals surface area (Å²) in [4.78, 5) is 23.2. The second-order valence-electron chi connectivity index (χ2n) is 5.20. The number of aromatic amines is 1. The van der Waals surface area contributed by atoms with Crippen LogP contribution in [0.4, 0.5) is 0 Å². The quantitative estimate of drug-likeness (QED) is 0.509. The zero-order valence-electron chi connectivity index (χ0n) is 14.1. The summed E-state index contributed by atoms with van der Waals surface area (Å²) in [5.74, 6) is 1.88. The average molecular weight is 318 g/mol. The first-order valence-electron chi connectivity index (χ1n) is 7.89. The number of H-pyrrole nitrogens is 1. The third-order valence-electron chi connectivity index (χ3n) is 3.44. The van der Waals surface area contributed by atoms with Crippen molar-refractivity contribution in [2.45, 2.75) is 40.0 Å². The van der Waals surface area contributed by atoms with Crippen LogP contribution in [0.2, 0.25) is 0 Å². The van der Waals surface area contributed by atoms with Gasteiger partial charge in [0.2, 0.25) is 0 Å². The number of hydrogen-bond acceptors (Lipinski definition) is 2. The SMILES string of the molecule is CC/C=C(/N=C(C)N=C(C)N1CCCC1)c1ccc[nH]1.O=CO. The molecule has 1 aliphatic heterocycles. The number of allylic oxidation sites excluding steroid dienone is 1. The van der Waals surface area contributed by atoms with Crippen LogP contribution in [-0.4, -0.2) is 46.2 Å². The molecule has 0 aromatic carbocycles. The average Bonchev–Trinajstić information content (AvgIpc) is 3.21. The van der Waals surface area contributed by atoms with Crippen molar-refractivity contribution in [3.63, 3.8) is 0 Å². The van der Waals surface area contributed by atoms with Crippen molar-refractivity contribution in [1.82, 2.24) is 9.88 Å². The van der Waals surface area contributed by atoms with Crippen LogP contribution in [0.3, 0.4) is 0 Å². The van der Waals surface area contributed by atoms with Crippen LogP contribution in [-0.2, 0) is 4.79 Å². The maximum absolute atomic E-state index is 8.36. The number of aliphatic imine (C=N–C) groups is 2. The van der Waals surface area contributed by atoms with Gasteiger partial charge in [0.25, 0.3) is 6.47 Å². The standard InChI is InChI=1S/C16H24N4.CH2O2/c1-4-8-16(15-9-7-10-17-15)19-13(2)18-14(3)20-11-5-6-12-20;2-1-3/h7-10,17H,4-6,11-12H2,1-3H3;1H,(H,2,3)/b16-8+,18-14?,19-13?;. The smallest absolute Gasteiger partial charge is 0.290 e. The maximum Gasteiger partial charge on any atom is 0.290 e. The molecule has 1 fully saturated rings. The topological polar surface area (TPSA) is 81.0 Å². The number of nitrogens with one attached hydrogen (secondary N) is 1. The molecule has 0 bridgehead atoms. The highest BCUT2D eigenvalue weighted by atomic mass is 16.3. The van der Waals surface area contributed by atoms with Gasteiger partial charge in [-0.25, -0.2) is 9.98 Å². The Morgan fingerprint density at radius 3 is 2.52 bits per heavy atom. The summed E-state index contributed by atoms with van der Waals surface area (Å²) in [6, 6.07) is 4.03. The predicted octanol–water partition coefficient (Wildman–Crippen LogP) is 3.40. The molecule has 0 radical (unpaired) electrons. The minimum Gasteiger partial charge on any atom is -0.483 e. The Bertz CT molecular complexity index is 553. The normalized spacial score (nSPS) is 16.1. The van der Waals surface area contributed by atoms with Crippen LogP contribution < -0.4 is 0 Å². The van der Waals surface area contributed by atoms with Gasteiger partial charge in [-0.15, -0.1) is 0 Å². The van der Waals surface area contributed by atoms with E-state index in [1.54, 1.807) is 0 Å². The van der Waals surface area contributed by atoms with Crippen molar-refractivity contribution in [1.29, 1.82) is 0 Å². The number of nitrogens with zero attached hydrogens (tertiary/aromatic N) is 3. The van der Waals surface area contributed by atoms with Gasteiger partial charge in [0.15, 0.2) is 0 Å². The molecule has 1 aromatic heterocycles. The number of aromatic nitrogens is 1. The van der Waals surface area contributed by atoms with Gasteiger partial charge in [-0.1, -0.05) is 13.0 Å². The Balaban J connectivity index is 0.000000816. The Labute approximate surface area is 137 Å². The number of hydrogen-bond donors (Lipinski definition) is 2. The molecule has 2 heterocycles. The van der Waals surface area contributed by atoms with E-state index < -0.39 is 0 Å². The van der Waals surface area contributed by atoms with Gasteiger partial charge in [-0.3, -0.25) is 4.79 Å². The maximum atomic E-state index is 8.36. The Kier molecular flexibility index (Phi) is 8.42. The molecule has 6 heteroatoms. The van der Waals surface area contributed by atoms with E-state index in [4.69, 9.17) is 9.90 Å². The number of carbonyl (C=O) groups is 1. The van der Waals surface area contributed by atoms with Crippen molar-refractivity contribution >= 4 is 23.8 Å². The Hall–Kier alpha value is -2.37. The molecule has 2 N–H and O–H groups in total. The lowest BCUT2D eigenvalue weighted by Gasteiger charge is -2.16. The van der Waals surface area contributed by atoms with Crippen LogP contribution in [0.5, 0.6) is 0 Å². The van der Waals surface area contributed by atoms with Gasteiger partial charge in [-0.05, 0) is 45.2 Å². The third kappa shape index (κ3) is 6.50. The summed E-state index contributed by atoms with van der Waals surface area (Å²) in [7, 11) is 0. The van der Waals surface area contributed by atoms with E-state index in [0.717, 1.165) is 42.6 Å². The van der Waals surface area contributed by atoms with Gasteiger partial charge in [0, 0.05) is 19.3 Å². The second-order valence-corrected chi connectivity index (χ2v) is 5.20. The summed E-state index contributed by atoms with van der Waals surface area (Å²) in [5, 5.41) is 6.89. The van der Waals surface area contributed by atoms with Crippen LogP contribution in [0, 0.1) is 0 Å². The van der Waals surface area contributed by atoms with Crippen molar-refractivity contribution in [3.05, 3.63) is 30.1 Å². The molecule has 0 amide bonds. The molecule has 23 heavy (non-hydrogen) atoms. The van der Waals surface area contributed by atoms with Gasteiger partial charge in [0.1, 0.15) is 11.7 Å². The fourth-order valence-corrected chi connectivity index (χ4v) is 2.44. The van der Waals surface area contributed by atoms with Gasteiger partial charge in [-0.2, -0.15) is 0 Å². The first-order chi connectivity index (χ1) is 11.1. The van der Waals surface area contributed by atoms with Crippen molar-refractivity contribution < 1.29 is 9.90 Å². The van der Waals surface area contributed by atoms with E-state index in [9.17, 15) is 0 Å². The molecule has 2 rings (SSSR count). The largest absolute Gasteiger partial charge is 0.483 e. The molecular weight excluding hydrogens is 292 g/mol. The van der Waals surface area contributed by atoms with E-state index in [1.807, 2.05) is 25.3 Å². The molecule has 0 saturated carbocycles. The zero-order valence-corrected chi connectivity index (χ0v) is 14.1. The van der Waals surface area contributed by atoms with Gasteiger partial charge >= 0.3 is 0 Å². The second kappa shape index (κ2) is 10.4. The van der Waals surface area contributed by atoms with Crippen LogP contribution in [0.15, 0.2) is 34.4 Å². The molecule has 1 aromatic rings. The van der Waals surface area contributed by atoms with Crippen molar-refractivity contribution in [3.8, 4) is 0 Å². The number of carboxylic acid groups (broad SMARTS) is 1. The highest BCUT2D eigenvalue weighted by molar-refractivity contribution is 5.97. The monoisotopic (exact) mass is 318 g/mol. The molecule has 1 saturated heterocycles. The van der Waals surface area contributed by atoms with Crippen LogP contribution >= 0.6 is 0 Å². The van der Waals surface area contributed by atoms with Crippen LogP contribution in [0.1, 0.15) is 45.7 Å². The molecule has 126 valence electrons. The van der Waals surface area contributed by atoms with Gasteiger partial charge in [0.05, 0.1) is 11.4 Å². The van der Waals surface area contributed by atoms with Crippen molar-refractivity contribution in [2.75, 3.05) is 13.1 Å². The van der Waals surface area contributed by atoms with E-state index in [1.165, 1.54) is 12.8 Å². The minimum atomic E-state index is -0.250. The molecule has 0 spiro atoms. The fraction of sp³-hybridized carbons (Fsp3) is 0.471. The van der Waals surface area contributed by atoms with E-state index >= 15 is 0 Å². The number of likely N-dealkylation sites (tertiary alicyclic amines) is 1. The Morgan fingerprint density at radius 2 is 2.00 bits per heavy atom. The zero-order chi connectivity index (χ0) is 17.1. The minimum absolute atomic E-state index is 0.250. The summed E-state index contributed by atoms with van der Waals surface area (Å²) >= 11 is 0. The summed E-state index contributed by atoms with van der Waals surface area (Å²) in [6.45, 7) is 8.15. The predicted molar refractivity (Wildman–Crippen MR) is 94.8 cm³/mol. The lowest BCUT2D eigenvalue weighted by atomic mass is 10.2. The van der Waals surface area contributed by atoms with E-state index in [2.05, 4.69) is 39.8 Å². The van der Waals surface area contributed by atoms with E-state index in [0.29, 0.717) is 0 Å². The third-order valence-corrected chi connectivity index (χ3v) is 3.44. The van der Waals surface area contributed by atoms with E-state index in [-0.39, 0.29) is 6.47 Å². The first-order valence-corrected chi connectivity index (χ1v) is 7.89. The van der Waals surface area contributed by atoms with Crippen molar-refractivity contribution in [2.24, 2.45) is 9.98 Å². The molecule has 0 unspecified atom stereocenters. The number of amidine groups is 2. The summed E-state index contributed by atoms with van der Waals surface area (Å²) in [5.41, 5.74) is 2.01. The Morgan fingerprint density at radius 1 is 1.35 bits per heavy atom. The van der Waals surface area contributed by atoms with Crippen LogP contribution in [0.25, 0.3) is 5.70 Å². The van der Waals surface area contributed by atoms with Gasteiger partial charge < -0.3 is 15.0 Å². The summed E-state index contributed by atoms with van der Waals surface area (Å²) in [6.07, 6.45) is 7.54. The summed E-state index contributed by atoms with van der Waals surface area (Å²) < 4.78 is 0. The highest BCUT2D eigenvalue weighted by Crippen LogP contribution is 2.15. The highest BCUT2D eigenvalue weighted by Gasteiger charge is 2.12. The number of rotatable bonds is 3. The molecule has 6 nitrogen and oxygen atoms in total.